The van der Waals surface area contributed by atoms with Crippen LogP contribution in [0.4, 0.5) is 5.95 Å². The third-order valence-corrected chi connectivity index (χ3v) is 2.57. The molecule has 1 saturated heterocycles. The van der Waals surface area contributed by atoms with Crippen molar-refractivity contribution in [1.29, 1.82) is 0 Å². The Balaban J connectivity index is 0.000000169. The summed E-state index contributed by atoms with van der Waals surface area (Å²) < 4.78 is 6.46. The number of fused-ring (bicyclic) bond motifs is 1. The number of hydrogen-bond donors (Lipinski definition) is 4. The van der Waals surface area contributed by atoms with Gasteiger partial charge in [-0.05, 0) is 6.42 Å². The molecule has 0 saturated carbocycles. The zero-order chi connectivity index (χ0) is 13.1. The van der Waals surface area contributed by atoms with E-state index in [0.717, 1.165) is 13.0 Å². The van der Waals surface area contributed by atoms with Crippen molar-refractivity contribution >= 4 is 17.1 Å². The number of rotatable bonds is 0. The molecule has 0 radical (unpaired) electrons. The summed E-state index contributed by atoms with van der Waals surface area (Å²) >= 11 is 0. The first-order chi connectivity index (χ1) is 8.58. The fourth-order valence-electron chi connectivity index (χ4n) is 1.66. The number of nitrogen functional groups attached to an aromatic ring is 1. The first-order valence-corrected chi connectivity index (χ1v) is 5.56. The lowest BCUT2D eigenvalue weighted by atomic mass is 10.3. The summed E-state index contributed by atoms with van der Waals surface area (Å²) in [6.45, 7) is 1.28. The molecule has 3 rings (SSSR count). The predicted molar refractivity (Wildman–Crippen MR) is 63.7 cm³/mol. The molecule has 2 aromatic rings. The molecule has 0 amide bonds. The molecule has 1 aliphatic rings. The van der Waals surface area contributed by atoms with E-state index in [1.54, 1.807) is 17.9 Å². The van der Waals surface area contributed by atoms with E-state index in [0.29, 0.717) is 17.8 Å². The lowest BCUT2D eigenvalue weighted by molar-refractivity contribution is -0.645. The molecular formula is C10H16N5O3+. The van der Waals surface area contributed by atoms with E-state index in [9.17, 15) is 4.79 Å². The smallest absolute Gasteiger partial charge is 0.304 e. The molecule has 3 heterocycles. The monoisotopic (exact) mass is 254 g/mol. The van der Waals surface area contributed by atoms with Gasteiger partial charge < -0.3 is 15.6 Å². The highest BCUT2D eigenvalue weighted by atomic mass is 16.5. The molecule has 8 heteroatoms. The molecule has 0 bridgehead atoms. The van der Waals surface area contributed by atoms with Gasteiger partial charge in [0.2, 0.25) is 12.3 Å². The number of anilines is 1. The molecule has 98 valence electrons. The van der Waals surface area contributed by atoms with Gasteiger partial charge in [0.05, 0.1) is 19.8 Å². The van der Waals surface area contributed by atoms with E-state index in [-0.39, 0.29) is 17.6 Å². The number of aliphatic hydroxyl groups excluding tert-OH is 1. The topological polar surface area (TPSA) is 121 Å². The van der Waals surface area contributed by atoms with Gasteiger partial charge in [0, 0.05) is 6.61 Å². The van der Waals surface area contributed by atoms with E-state index in [1.165, 1.54) is 0 Å². The highest BCUT2D eigenvalue weighted by Gasteiger charge is 2.12. The van der Waals surface area contributed by atoms with E-state index < -0.39 is 0 Å². The second-order valence-electron chi connectivity index (χ2n) is 4.05. The second-order valence-corrected chi connectivity index (χ2v) is 4.05. The van der Waals surface area contributed by atoms with Crippen LogP contribution in [0.5, 0.6) is 0 Å². The normalized spacial score (nSPS) is 18.7. The molecule has 8 nitrogen and oxygen atoms in total. The van der Waals surface area contributed by atoms with Gasteiger partial charge >= 0.3 is 5.56 Å². The highest BCUT2D eigenvalue weighted by molar-refractivity contribution is 5.65. The van der Waals surface area contributed by atoms with Crippen LogP contribution in [0.2, 0.25) is 0 Å². The summed E-state index contributed by atoms with van der Waals surface area (Å²) in [5.41, 5.74) is 6.09. The van der Waals surface area contributed by atoms with Gasteiger partial charge in [-0.2, -0.15) is 4.98 Å². The Labute approximate surface area is 102 Å². The number of hydrogen-bond acceptors (Lipinski definition) is 5. The lowest BCUT2D eigenvalue weighted by Crippen LogP contribution is -2.31. The molecule has 0 aromatic carbocycles. The molecule has 1 aliphatic heterocycles. The standard InChI is InChI=1S/C6H7N5O.C4H8O2/c1-11-2-8-4-3(11)5(12)10-6(7)9-4;5-4-1-2-6-3-4/h2H,1H3,(H3,7,9,10,12);4-5H,1-3H2/p+1/t;4-/m.0/s1. The van der Waals surface area contributed by atoms with Crippen LogP contribution >= 0.6 is 0 Å². The molecule has 1 atom stereocenters. The summed E-state index contributed by atoms with van der Waals surface area (Å²) in [5.74, 6) is 0.120. The minimum absolute atomic E-state index is 0.120. The van der Waals surface area contributed by atoms with Gasteiger partial charge in [-0.1, -0.05) is 0 Å². The van der Waals surface area contributed by atoms with E-state index in [2.05, 4.69) is 15.0 Å². The second kappa shape index (κ2) is 5.15. The third-order valence-electron chi connectivity index (χ3n) is 2.57. The molecule has 18 heavy (non-hydrogen) atoms. The number of aromatic nitrogens is 4. The third kappa shape index (κ3) is 2.66. The maximum Gasteiger partial charge on any atom is 0.304 e. The maximum atomic E-state index is 11.3. The van der Waals surface area contributed by atoms with Gasteiger partial charge in [0.15, 0.2) is 0 Å². The van der Waals surface area contributed by atoms with Crippen LogP contribution in [-0.4, -0.2) is 39.4 Å². The number of nitrogens with two attached hydrogens (primary N) is 1. The molecule has 0 spiro atoms. The van der Waals surface area contributed by atoms with Crippen molar-refractivity contribution in [3.05, 3.63) is 16.7 Å². The van der Waals surface area contributed by atoms with E-state index in [4.69, 9.17) is 15.6 Å². The SMILES string of the molecule is C[n+]1c[nH]c2nc(N)[nH]c(=O)c21.O[C@H]1CCOC1. The van der Waals surface area contributed by atoms with Crippen LogP contribution in [0.3, 0.4) is 0 Å². The number of aliphatic hydroxyl groups is 1. The van der Waals surface area contributed by atoms with Crippen LogP contribution in [-0.2, 0) is 11.8 Å². The average molecular weight is 254 g/mol. The number of nitrogens with one attached hydrogen (secondary N) is 2. The fourth-order valence-corrected chi connectivity index (χ4v) is 1.66. The zero-order valence-corrected chi connectivity index (χ0v) is 10.0. The minimum Gasteiger partial charge on any atom is -0.391 e. The van der Waals surface area contributed by atoms with Crippen LogP contribution in [0.25, 0.3) is 11.2 Å². The Morgan fingerprint density at radius 3 is 3.00 bits per heavy atom. The lowest BCUT2D eigenvalue weighted by Gasteiger charge is -1.89. The van der Waals surface area contributed by atoms with Crippen molar-refractivity contribution in [2.45, 2.75) is 12.5 Å². The first kappa shape index (κ1) is 12.5. The molecule has 2 aromatic heterocycles. The van der Waals surface area contributed by atoms with E-state index >= 15 is 0 Å². The molecule has 0 unspecified atom stereocenters. The van der Waals surface area contributed by atoms with Crippen molar-refractivity contribution in [3.63, 3.8) is 0 Å². The Bertz CT molecular complexity index is 585. The summed E-state index contributed by atoms with van der Waals surface area (Å²) in [7, 11) is 1.76. The first-order valence-electron chi connectivity index (χ1n) is 5.56. The van der Waals surface area contributed by atoms with Crippen molar-refractivity contribution in [3.8, 4) is 0 Å². The molecular weight excluding hydrogens is 238 g/mol. The Morgan fingerprint density at radius 1 is 1.67 bits per heavy atom. The van der Waals surface area contributed by atoms with Crippen LogP contribution in [0.15, 0.2) is 11.1 Å². The molecule has 1 fully saturated rings. The van der Waals surface area contributed by atoms with Crippen molar-refractivity contribution in [2.75, 3.05) is 18.9 Å². The highest BCUT2D eigenvalue weighted by Crippen LogP contribution is 2.00. The maximum absolute atomic E-state index is 11.3. The summed E-state index contributed by atoms with van der Waals surface area (Å²) in [4.78, 5) is 20.4. The predicted octanol–water partition coefficient (Wildman–Crippen LogP) is -1.57. The van der Waals surface area contributed by atoms with Crippen LogP contribution < -0.4 is 15.9 Å². The summed E-state index contributed by atoms with van der Waals surface area (Å²) in [6.07, 6.45) is 2.29. The zero-order valence-electron chi connectivity index (χ0n) is 10.0. The van der Waals surface area contributed by atoms with E-state index in [1.807, 2.05) is 0 Å². The van der Waals surface area contributed by atoms with Crippen molar-refractivity contribution in [2.24, 2.45) is 7.05 Å². The summed E-state index contributed by atoms with van der Waals surface area (Å²) in [6, 6.07) is 0. The van der Waals surface area contributed by atoms with Crippen molar-refractivity contribution < 1.29 is 14.4 Å². The van der Waals surface area contributed by atoms with Crippen LogP contribution in [0.1, 0.15) is 6.42 Å². The Hall–Kier alpha value is -1.93. The minimum atomic E-state index is -0.235. The van der Waals surface area contributed by atoms with Gasteiger partial charge in [-0.3, -0.25) is 9.78 Å². The van der Waals surface area contributed by atoms with Gasteiger partial charge in [0.1, 0.15) is 0 Å². The Kier molecular flexibility index (Phi) is 3.58. The fraction of sp³-hybridized carbons (Fsp3) is 0.500. The quantitative estimate of drug-likeness (QED) is 0.423. The van der Waals surface area contributed by atoms with Crippen molar-refractivity contribution in [1.82, 2.24) is 15.0 Å². The van der Waals surface area contributed by atoms with Gasteiger partial charge in [-0.15, -0.1) is 0 Å². The molecule has 0 aliphatic carbocycles. The largest absolute Gasteiger partial charge is 0.391 e. The number of H-pyrrole nitrogens is 2. The molecule has 5 N–H and O–H groups in total. The summed E-state index contributed by atoms with van der Waals surface area (Å²) in [5, 5.41) is 8.60. The van der Waals surface area contributed by atoms with Gasteiger partial charge in [-0.25, -0.2) is 9.55 Å². The Morgan fingerprint density at radius 2 is 2.44 bits per heavy atom. The number of imidazole rings is 1. The number of nitrogens with zero attached hydrogens (tertiary/aromatic N) is 2. The number of ether oxygens (including phenoxy) is 1. The average Bonchev–Trinajstić information content (AvgIpc) is 2.89. The van der Waals surface area contributed by atoms with Gasteiger partial charge in [0.25, 0.3) is 11.2 Å². The number of aromatic amines is 2. The number of aryl methyl sites for hydroxylation is 1. The van der Waals surface area contributed by atoms with Crippen LogP contribution in [0, 0.1) is 0 Å².